The molecule has 2 heterocycles. The molecule has 0 unspecified atom stereocenters. The zero-order valence-electron chi connectivity index (χ0n) is 14.6. The number of hydrogen-bond donors (Lipinski definition) is 4. The van der Waals surface area contributed by atoms with E-state index in [0.29, 0.717) is 23.9 Å². The van der Waals surface area contributed by atoms with Crippen LogP contribution in [0, 0.1) is 11.3 Å². The Bertz CT molecular complexity index is 919. The SMILES string of the molecule is N#Cc1cnc(Nc2cc(NCC[C@@H](N)c3ccccc3)c(N)cn2)cn1. The van der Waals surface area contributed by atoms with Gasteiger partial charge in [0.15, 0.2) is 5.69 Å². The zero-order chi connectivity index (χ0) is 19.1. The van der Waals surface area contributed by atoms with E-state index in [-0.39, 0.29) is 11.7 Å². The average Bonchev–Trinajstić information content (AvgIpc) is 2.71. The fraction of sp³-hybridized carbons (Fsp3) is 0.158. The van der Waals surface area contributed by atoms with E-state index >= 15 is 0 Å². The Morgan fingerprint density at radius 3 is 2.52 bits per heavy atom. The zero-order valence-corrected chi connectivity index (χ0v) is 14.6. The third-order valence-corrected chi connectivity index (χ3v) is 3.96. The molecule has 0 saturated carbocycles. The number of aromatic nitrogens is 3. The number of nitrogens with one attached hydrogen (secondary N) is 2. The van der Waals surface area contributed by atoms with Gasteiger partial charge < -0.3 is 22.1 Å². The summed E-state index contributed by atoms with van der Waals surface area (Å²) < 4.78 is 0. The Balaban J connectivity index is 1.60. The summed E-state index contributed by atoms with van der Waals surface area (Å²) in [5, 5.41) is 15.1. The average molecular weight is 360 g/mol. The number of hydrogen-bond acceptors (Lipinski definition) is 8. The molecule has 0 fully saturated rings. The molecule has 6 N–H and O–H groups in total. The molecule has 8 nitrogen and oxygen atoms in total. The van der Waals surface area contributed by atoms with Crippen molar-refractivity contribution < 1.29 is 0 Å². The van der Waals surface area contributed by atoms with Crippen LogP contribution in [-0.4, -0.2) is 21.5 Å². The summed E-state index contributed by atoms with van der Waals surface area (Å²) in [7, 11) is 0. The second-order valence-corrected chi connectivity index (χ2v) is 5.91. The Labute approximate surface area is 157 Å². The van der Waals surface area contributed by atoms with Crippen molar-refractivity contribution in [3.8, 4) is 6.07 Å². The Morgan fingerprint density at radius 2 is 1.81 bits per heavy atom. The van der Waals surface area contributed by atoms with Gasteiger partial charge in [-0.15, -0.1) is 0 Å². The number of nitrogens with zero attached hydrogens (tertiary/aromatic N) is 4. The highest BCUT2D eigenvalue weighted by atomic mass is 15.1. The molecule has 0 aliphatic carbocycles. The molecule has 3 rings (SSSR count). The summed E-state index contributed by atoms with van der Waals surface area (Å²) in [4.78, 5) is 12.3. The number of anilines is 4. The lowest BCUT2D eigenvalue weighted by Crippen LogP contribution is -2.15. The highest BCUT2D eigenvalue weighted by Crippen LogP contribution is 2.23. The van der Waals surface area contributed by atoms with Crippen molar-refractivity contribution in [2.75, 3.05) is 22.9 Å². The molecular weight excluding hydrogens is 340 g/mol. The maximum absolute atomic E-state index is 8.76. The van der Waals surface area contributed by atoms with Gasteiger partial charge in [-0.2, -0.15) is 5.26 Å². The number of pyridine rings is 1. The molecule has 3 aromatic rings. The molecule has 2 aromatic heterocycles. The third-order valence-electron chi connectivity index (χ3n) is 3.96. The molecule has 0 radical (unpaired) electrons. The molecule has 0 saturated heterocycles. The molecule has 0 aliphatic heterocycles. The van der Waals surface area contributed by atoms with Gasteiger partial charge >= 0.3 is 0 Å². The first-order valence-corrected chi connectivity index (χ1v) is 8.45. The smallest absolute Gasteiger partial charge is 0.158 e. The van der Waals surface area contributed by atoms with Gasteiger partial charge in [0.05, 0.1) is 30.0 Å². The van der Waals surface area contributed by atoms with Gasteiger partial charge in [0.2, 0.25) is 0 Å². The highest BCUT2D eigenvalue weighted by Gasteiger charge is 2.07. The van der Waals surface area contributed by atoms with E-state index in [2.05, 4.69) is 25.6 Å². The second kappa shape index (κ2) is 8.60. The number of nitrogen functional groups attached to an aromatic ring is 1. The quantitative estimate of drug-likeness (QED) is 0.504. The minimum absolute atomic E-state index is 0.0479. The molecular formula is C19H20N8. The van der Waals surface area contributed by atoms with Crippen LogP contribution in [0.2, 0.25) is 0 Å². The van der Waals surface area contributed by atoms with Crippen LogP contribution in [0.1, 0.15) is 23.7 Å². The van der Waals surface area contributed by atoms with Crippen molar-refractivity contribution in [1.29, 1.82) is 5.26 Å². The summed E-state index contributed by atoms with van der Waals surface area (Å²) in [6.07, 6.45) is 5.20. The van der Waals surface area contributed by atoms with Crippen molar-refractivity contribution in [3.05, 3.63) is 66.2 Å². The molecule has 0 aliphatic rings. The van der Waals surface area contributed by atoms with Crippen LogP contribution in [0.15, 0.2) is 55.0 Å². The molecule has 27 heavy (non-hydrogen) atoms. The van der Waals surface area contributed by atoms with Gasteiger partial charge in [-0.3, -0.25) is 0 Å². The van der Waals surface area contributed by atoms with Gasteiger partial charge in [0.25, 0.3) is 0 Å². The van der Waals surface area contributed by atoms with Gasteiger partial charge in [0, 0.05) is 18.7 Å². The van der Waals surface area contributed by atoms with E-state index in [1.807, 2.05) is 36.4 Å². The van der Waals surface area contributed by atoms with Crippen molar-refractivity contribution in [3.63, 3.8) is 0 Å². The molecule has 1 aromatic carbocycles. The molecule has 0 bridgehead atoms. The summed E-state index contributed by atoms with van der Waals surface area (Å²) in [5.74, 6) is 1.06. The van der Waals surface area contributed by atoms with E-state index in [9.17, 15) is 0 Å². The first-order valence-electron chi connectivity index (χ1n) is 8.45. The first kappa shape index (κ1) is 18.1. The van der Waals surface area contributed by atoms with Crippen molar-refractivity contribution in [1.82, 2.24) is 15.0 Å². The molecule has 0 spiro atoms. The predicted molar refractivity (Wildman–Crippen MR) is 105 cm³/mol. The van der Waals surface area contributed by atoms with Gasteiger partial charge in [-0.05, 0) is 12.0 Å². The highest BCUT2D eigenvalue weighted by molar-refractivity contribution is 5.70. The maximum Gasteiger partial charge on any atom is 0.158 e. The van der Waals surface area contributed by atoms with Crippen molar-refractivity contribution >= 4 is 23.0 Å². The summed E-state index contributed by atoms with van der Waals surface area (Å²) in [5.41, 5.74) is 14.9. The fourth-order valence-corrected chi connectivity index (χ4v) is 2.50. The number of nitriles is 1. The lowest BCUT2D eigenvalue weighted by atomic mass is 10.1. The van der Waals surface area contributed by atoms with Crippen molar-refractivity contribution in [2.45, 2.75) is 12.5 Å². The Hall–Kier alpha value is -3.70. The van der Waals surface area contributed by atoms with Crippen LogP contribution in [-0.2, 0) is 0 Å². The summed E-state index contributed by atoms with van der Waals surface area (Å²) >= 11 is 0. The number of nitrogens with two attached hydrogens (primary N) is 2. The maximum atomic E-state index is 8.76. The van der Waals surface area contributed by atoms with Crippen LogP contribution < -0.4 is 22.1 Å². The first-order chi connectivity index (χ1) is 13.2. The third kappa shape index (κ3) is 4.90. The normalized spacial score (nSPS) is 11.4. The monoisotopic (exact) mass is 360 g/mol. The van der Waals surface area contributed by atoms with Crippen LogP contribution in [0.5, 0.6) is 0 Å². The molecule has 136 valence electrons. The molecule has 0 amide bonds. The molecule has 1 atom stereocenters. The van der Waals surface area contributed by atoms with Crippen LogP contribution in [0.25, 0.3) is 0 Å². The van der Waals surface area contributed by atoms with E-state index in [0.717, 1.165) is 17.7 Å². The summed E-state index contributed by atoms with van der Waals surface area (Å²) in [6.45, 7) is 0.667. The lowest BCUT2D eigenvalue weighted by Gasteiger charge is -2.15. The molecule has 8 heteroatoms. The van der Waals surface area contributed by atoms with E-state index in [1.54, 1.807) is 12.3 Å². The predicted octanol–water partition coefficient (Wildman–Crippen LogP) is 2.57. The van der Waals surface area contributed by atoms with Gasteiger partial charge in [-0.25, -0.2) is 15.0 Å². The topological polar surface area (TPSA) is 139 Å². The second-order valence-electron chi connectivity index (χ2n) is 5.91. The Kier molecular flexibility index (Phi) is 5.77. The van der Waals surface area contributed by atoms with E-state index in [4.69, 9.17) is 16.7 Å². The van der Waals surface area contributed by atoms with Crippen LogP contribution >= 0.6 is 0 Å². The minimum atomic E-state index is -0.0479. The standard InChI is InChI=1S/C19H20N8/c20-9-14-10-25-19(12-24-14)27-18-8-17(16(22)11-26-18)23-7-6-15(21)13-4-2-1-3-5-13/h1-5,8,10-12,15H,6-7,21-22H2,(H2,23,25,26,27)/t15-/m1/s1. The van der Waals surface area contributed by atoms with E-state index < -0.39 is 0 Å². The van der Waals surface area contributed by atoms with Crippen LogP contribution in [0.4, 0.5) is 23.0 Å². The Morgan fingerprint density at radius 1 is 1.04 bits per heavy atom. The van der Waals surface area contributed by atoms with Crippen LogP contribution in [0.3, 0.4) is 0 Å². The number of rotatable bonds is 7. The minimum Gasteiger partial charge on any atom is -0.396 e. The van der Waals surface area contributed by atoms with Gasteiger partial charge in [-0.1, -0.05) is 30.3 Å². The lowest BCUT2D eigenvalue weighted by molar-refractivity contribution is 0.675. The van der Waals surface area contributed by atoms with E-state index in [1.165, 1.54) is 12.4 Å². The summed E-state index contributed by atoms with van der Waals surface area (Å²) in [6, 6.07) is 13.6. The van der Waals surface area contributed by atoms with Gasteiger partial charge in [0.1, 0.15) is 17.7 Å². The fourth-order valence-electron chi connectivity index (χ4n) is 2.50. The number of benzene rings is 1. The van der Waals surface area contributed by atoms with Crippen molar-refractivity contribution in [2.24, 2.45) is 5.73 Å². The largest absolute Gasteiger partial charge is 0.396 e.